The van der Waals surface area contributed by atoms with E-state index >= 15 is 0 Å². The van der Waals surface area contributed by atoms with Crippen molar-refractivity contribution in [1.29, 1.82) is 0 Å². The van der Waals surface area contributed by atoms with Crippen molar-refractivity contribution in [3.63, 3.8) is 0 Å². The molecule has 0 aliphatic carbocycles. The number of hydrogen-bond donors (Lipinski definition) is 2. The predicted octanol–water partition coefficient (Wildman–Crippen LogP) is 2.73. The molecule has 2 aromatic heterocycles. The molecule has 0 saturated heterocycles. The van der Waals surface area contributed by atoms with E-state index in [2.05, 4.69) is 53.5 Å². The molecule has 2 heterocycles. The molecule has 2 N–H and O–H groups in total. The monoisotopic (exact) mass is 303 g/mol. The van der Waals surface area contributed by atoms with Crippen LogP contribution in [0.1, 0.15) is 5.56 Å². The Labute approximate surface area is 112 Å². The fourth-order valence-corrected chi connectivity index (χ4v) is 2.19. The third-order valence-electron chi connectivity index (χ3n) is 2.61. The lowest BCUT2D eigenvalue weighted by atomic mass is 10.2. The standard InChI is InChI=1S/C12H10BrN5/c13-10-9-11(15-7-16-12(9)18-17-10)14-6-8-4-2-1-3-5-8/h1-5,7H,6H2,(H2,14,15,16,17,18). The average Bonchev–Trinajstić information content (AvgIpc) is 2.80. The number of fused-ring (bicyclic) bond motifs is 1. The highest BCUT2D eigenvalue weighted by Crippen LogP contribution is 2.25. The molecule has 0 aliphatic heterocycles. The van der Waals surface area contributed by atoms with Gasteiger partial charge in [-0.2, -0.15) is 5.10 Å². The zero-order chi connectivity index (χ0) is 12.4. The lowest BCUT2D eigenvalue weighted by Gasteiger charge is -2.06. The third kappa shape index (κ3) is 2.06. The molecule has 1 aromatic carbocycles. The van der Waals surface area contributed by atoms with Crippen LogP contribution >= 0.6 is 15.9 Å². The molecular weight excluding hydrogens is 294 g/mol. The molecule has 0 fully saturated rings. The molecular formula is C12H10BrN5. The van der Waals surface area contributed by atoms with Crippen LogP contribution in [0.25, 0.3) is 11.0 Å². The molecule has 0 aliphatic rings. The van der Waals surface area contributed by atoms with Crippen LogP contribution in [0.4, 0.5) is 5.82 Å². The molecule has 90 valence electrons. The summed E-state index contributed by atoms with van der Waals surface area (Å²) in [5, 5.41) is 11.1. The van der Waals surface area contributed by atoms with Gasteiger partial charge in [-0.25, -0.2) is 9.97 Å². The first kappa shape index (κ1) is 11.2. The fourth-order valence-electron chi connectivity index (χ4n) is 1.74. The molecule has 0 atom stereocenters. The average molecular weight is 304 g/mol. The smallest absolute Gasteiger partial charge is 0.187 e. The predicted molar refractivity (Wildman–Crippen MR) is 73.2 cm³/mol. The Morgan fingerprint density at radius 3 is 2.83 bits per heavy atom. The number of nitrogens with one attached hydrogen (secondary N) is 2. The number of H-pyrrole nitrogens is 1. The first-order chi connectivity index (χ1) is 8.84. The van der Waals surface area contributed by atoms with Crippen molar-refractivity contribution < 1.29 is 0 Å². The second kappa shape index (κ2) is 4.73. The first-order valence-corrected chi connectivity index (χ1v) is 6.26. The van der Waals surface area contributed by atoms with Crippen LogP contribution in [-0.4, -0.2) is 20.2 Å². The molecule has 0 saturated carbocycles. The summed E-state index contributed by atoms with van der Waals surface area (Å²) < 4.78 is 0.786. The molecule has 0 radical (unpaired) electrons. The number of hydrogen-bond acceptors (Lipinski definition) is 4. The van der Waals surface area contributed by atoms with Crippen LogP contribution in [0.15, 0.2) is 41.3 Å². The number of benzene rings is 1. The summed E-state index contributed by atoms with van der Waals surface area (Å²) in [6.07, 6.45) is 1.50. The quantitative estimate of drug-likeness (QED) is 0.781. The van der Waals surface area contributed by atoms with Gasteiger partial charge in [0, 0.05) is 6.54 Å². The topological polar surface area (TPSA) is 66.5 Å². The molecule has 0 bridgehead atoms. The Morgan fingerprint density at radius 1 is 1.17 bits per heavy atom. The number of nitrogens with zero attached hydrogens (tertiary/aromatic N) is 3. The largest absolute Gasteiger partial charge is 0.365 e. The van der Waals surface area contributed by atoms with E-state index in [4.69, 9.17) is 0 Å². The van der Waals surface area contributed by atoms with Crippen molar-refractivity contribution in [2.75, 3.05) is 5.32 Å². The highest BCUT2D eigenvalue weighted by Gasteiger charge is 2.09. The summed E-state index contributed by atoms with van der Waals surface area (Å²) in [5.41, 5.74) is 1.84. The third-order valence-corrected chi connectivity index (χ3v) is 3.18. The van der Waals surface area contributed by atoms with E-state index in [1.807, 2.05) is 18.2 Å². The van der Waals surface area contributed by atoms with E-state index in [1.54, 1.807) is 0 Å². The lowest BCUT2D eigenvalue weighted by Crippen LogP contribution is -2.02. The number of aromatic amines is 1. The van der Waals surface area contributed by atoms with E-state index < -0.39 is 0 Å². The van der Waals surface area contributed by atoms with Gasteiger partial charge < -0.3 is 5.32 Å². The zero-order valence-corrected chi connectivity index (χ0v) is 11.0. The normalized spacial score (nSPS) is 10.7. The number of rotatable bonds is 3. The van der Waals surface area contributed by atoms with E-state index in [9.17, 15) is 0 Å². The van der Waals surface area contributed by atoms with E-state index in [0.29, 0.717) is 12.2 Å². The summed E-state index contributed by atoms with van der Waals surface area (Å²) in [7, 11) is 0. The fraction of sp³-hybridized carbons (Fsp3) is 0.0833. The van der Waals surface area contributed by atoms with E-state index in [0.717, 1.165) is 15.8 Å². The Hall–Kier alpha value is -1.95. The molecule has 0 amide bonds. The van der Waals surface area contributed by atoms with Crippen molar-refractivity contribution in [3.05, 3.63) is 46.8 Å². The van der Waals surface area contributed by atoms with Crippen LogP contribution < -0.4 is 5.32 Å². The van der Waals surface area contributed by atoms with Crippen molar-refractivity contribution in [1.82, 2.24) is 20.2 Å². The molecule has 0 spiro atoms. The van der Waals surface area contributed by atoms with Gasteiger partial charge in [-0.05, 0) is 21.5 Å². The van der Waals surface area contributed by atoms with Gasteiger partial charge in [0.25, 0.3) is 0 Å². The minimum Gasteiger partial charge on any atom is -0.365 e. The van der Waals surface area contributed by atoms with Gasteiger partial charge >= 0.3 is 0 Å². The molecule has 6 heteroatoms. The molecule has 5 nitrogen and oxygen atoms in total. The number of anilines is 1. The lowest BCUT2D eigenvalue weighted by molar-refractivity contribution is 1.07. The number of aromatic nitrogens is 4. The van der Waals surface area contributed by atoms with Gasteiger partial charge in [0.05, 0.1) is 5.39 Å². The first-order valence-electron chi connectivity index (χ1n) is 5.47. The second-order valence-electron chi connectivity index (χ2n) is 3.80. The van der Waals surface area contributed by atoms with E-state index in [-0.39, 0.29) is 0 Å². The van der Waals surface area contributed by atoms with Crippen LogP contribution in [0, 0.1) is 0 Å². The van der Waals surface area contributed by atoms with Gasteiger partial charge in [-0.15, -0.1) is 0 Å². The minimum atomic E-state index is 0.646. The van der Waals surface area contributed by atoms with Crippen LogP contribution in [0.2, 0.25) is 0 Å². The summed E-state index contributed by atoms with van der Waals surface area (Å²) in [6, 6.07) is 10.2. The Morgan fingerprint density at radius 2 is 2.00 bits per heavy atom. The zero-order valence-electron chi connectivity index (χ0n) is 9.39. The van der Waals surface area contributed by atoms with Gasteiger partial charge in [0.2, 0.25) is 0 Å². The maximum Gasteiger partial charge on any atom is 0.187 e. The van der Waals surface area contributed by atoms with Gasteiger partial charge in [-0.1, -0.05) is 30.3 Å². The minimum absolute atomic E-state index is 0.646. The molecule has 3 rings (SSSR count). The van der Waals surface area contributed by atoms with Gasteiger partial charge in [0.1, 0.15) is 16.7 Å². The number of halogens is 1. The van der Waals surface area contributed by atoms with Crippen molar-refractivity contribution >= 4 is 32.8 Å². The highest BCUT2D eigenvalue weighted by molar-refractivity contribution is 9.10. The molecule has 0 unspecified atom stereocenters. The highest BCUT2D eigenvalue weighted by atomic mass is 79.9. The summed E-state index contributed by atoms with van der Waals surface area (Å²) in [6.45, 7) is 0.713. The van der Waals surface area contributed by atoms with E-state index in [1.165, 1.54) is 11.9 Å². The van der Waals surface area contributed by atoms with Gasteiger partial charge in [-0.3, -0.25) is 5.10 Å². The van der Waals surface area contributed by atoms with Crippen molar-refractivity contribution in [2.45, 2.75) is 6.54 Å². The summed E-state index contributed by atoms with van der Waals surface area (Å²) in [4.78, 5) is 8.34. The maximum atomic E-state index is 4.24. The van der Waals surface area contributed by atoms with Crippen LogP contribution in [0.5, 0.6) is 0 Å². The van der Waals surface area contributed by atoms with Crippen molar-refractivity contribution in [3.8, 4) is 0 Å². The van der Waals surface area contributed by atoms with Crippen LogP contribution in [0.3, 0.4) is 0 Å². The summed E-state index contributed by atoms with van der Waals surface area (Å²) in [5.74, 6) is 0.768. The Balaban J connectivity index is 1.89. The van der Waals surface area contributed by atoms with Crippen molar-refractivity contribution in [2.24, 2.45) is 0 Å². The van der Waals surface area contributed by atoms with Crippen LogP contribution in [-0.2, 0) is 6.54 Å². The van der Waals surface area contributed by atoms with Gasteiger partial charge in [0.15, 0.2) is 5.65 Å². The Bertz CT molecular complexity index is 665. The Kier molecular flexibility index (Phi) is 2.93. The maximum absolute atomic E-state index is 4.24. The summed E-state index contributed by atoms with van der Waals surface area (Å²) >= 11 is 3.41. The second-order valence-corrected chi connectivity index (χ2v) is 4.59. The molecule has 18 heavy (non-hydrogen) atoms. The SMILES string of the molecule is Brc1[nH]nc2ncnc(NCc3ccccc3)c12. The molecule has 3 aromatic rings.